The number of benzene rings is 2. The van der Waals surface area contributed by atoms with Crippen LogP contribution in [0.5, 0.6) is 0 Å². The topological polar surface area (TPSA) is 41.6 Å². The van der Waals surface area contributed by atoms with Gasteiger partial charge in [0.05, 0.1) is 12.6 Å². The normalized spacial score (nSPS) is 16.8. The van der Waals surface area contributed by atoms with Gasteiger partial charge in [0.25, 0.3) is 5.91 Å². The molecule has 1 aliphatic heterocycles. The van der Waals surface area contributed by atoms with Gasteiger partial charge in [-0.15, -0.1) is 12.4 Å². The SMILES string of the molecule is CN(C(=O)C1CNCCO1)C(c1ccc(Cl)cc1)c1ccc(Cl)cc1.Cl. The molecule has 1 atom stereocenters. The minimum Gasteiger partial charge on any atom is -0.366 e. The molecule has 4 nitrogen and oxygen atoms in total. The van der Waals surface area contributed by atoms with Crippen LogP contribution in [-0.4, -0.2) is 43.7 Å². The Labute approximate surface area is 169 Å². The number of rotatable bonds is 4. The van der Waals surface area contributed by atoms with Gasteiger partial charge in [0.15, 0.2) is 0 Å². The van der Waals surface area contributed by atoms with E-state index in [1.165, 1.54) is 0 Å². The minimum atomic E-state index is -0.471. The maximum Gasteiger partial charge on any atom is 0.253 e. The van der Waals surface area contributed by atoms with Crippen molar-refractivity contribution in [2.75, 3.05) is 26.7 Å². The van der Waals surface area contributed by atoms with Gasteiger partial charge in [0, 0.05) is 30.2 Å². The van der Waals surface area contributed by atoms with E-state index in [0.717, 1.165) is 17.7 Å². The molecule has 0 spiro atoms. The fourth-order valence-electron chi connectivity index (χ4n) is 3.01. The summed E-state index contributed by atoms with van der Waals surface area (Å²) in [6.07, 6.45) is -0.471. The van der Waals surface area contributed by atoms with Gasteiger partial charge in [-0.2, -0.15) is 0 Å². The zero-order valence-electron chi connectivity index (χ0n) is 14.3. The predicted molar refractivity (Wildman–Crippen MR) is 107 cm³/mol. The van der Waals surface area contributed by atoms with Crippen molar-refractivity contribution < 1.29 is 9.53 Å². The zero-order chi connectivity index (χ0) is 17.8. The highest BCUT2D eigenvalue weighted by atomic mass is 35.5. The zero-order valence-corrected chi connectivity index (χ0v) is 16.7. The fourth-order valence-corrected chi connectivity index (χ4v) is 3.26. The van der Waals surface area contributed by atoms with Crippen LogP contribution in [0.1, 0.15) is 17.2 Å². The van der Waals surface area contributed by atoms with E-state index in [1.54, 1.807) is 11.9 Å². The molecular weight excluding hydrogens is 395 g/mol. The standard InChI is InChI=1S/C19H20Cl2N2O2.ClH/c1-23(19(24)17-12-22-10-11-25-17)18(13-2-6-15(20)7-3-13)14-4-8-16(21)9-5-14;/h2-9,17-18,22H,10-12H2,1H3;1H. The molecule has 0 radical (unpaired) electrons. The van der Waals surface area contributed by atoms with E-state index in [2.05, 4.69) is 5.32 Å². The van der Waals surface area contributed by atoms with Crippen LogP contribution in [-0.2, 0) is 9.53 Å². The summed E-state index contributed by atoms with van der Waals surface area (Å²) in [6.45, 7) is 1.83. The molecule has 3 rings (SSSR count). The first-order valence-corrected chi connectivity index (χ1v) is 8.92. The van der Waals surface area contributed by atoms with Crippen molar-refractivity contribution in [1.29, 1.82) is 0 Å². The Kier molecular flexibility index (Phi) is 7.74. The molecule has 1 heterocycles. The summed E-state index contributed by atoms with van der Waals surface area (Å²) >= 11 is 12.0. The Morgan fingerprint density at radius 1 is 1.08 bits per heavy atom. The maximum absolute atomic E-state index is 12.9. The summed E-state index contributed by atoms with van der Waals surface area (Å²) in [5, 5.41) is 4.52. The third kappa shape index (κ3) is 4.90. The number of halogens is 3. The Bertz CT molecular complexity index is 671. The molecule has 2 aromatic rings. The lowest BCUT2D eigenvalue weighted by molar-refractivity contribution is -0.145. The largest absolute Gasteiger partial charge is 0.366 e. The van der Waals surface area contributed by atoms with Gasteiger partial charge in [0.2, 0.25) is 0 Å². The summed E-state index contributed by atoms with van der Waals surface area (Å²) in [5.74, 6) is -0.0536. The molecule has 2 aromatic carbocycles. The predicted octanol–water partition coefficient (Wildman–Crippen LogP) is 3.95. The van der Waals surface area contributed by atoms with Gasteiger partial charge >= 0.3 is 0 Å². The molecule has 1 aliphatic rings. The summed E-state index contributed by atoms with van der Waals surface area (Å²) in [5.41, 5.74) is 1.96. The number of hydrogen-bond acceptors (Lipinski definition) is 3. The third-order valence-corrected chi connectivity index (χ3v) is 4.81. The molecule has 0 aromatic heterocycles. The van der Waals surface area contributed by atoms with E-state index in [0.29, 0.717) is 23.2 Å². The number of carbonyl (C=O) groups excluding carboxylic acids is 1. The number of likely N-dealkylation sites (N-methyl/N-ethyl adjacent to an activating group) is 1. The Morgan fingerprint density at radius 2 is 1.58 bits per heavy atom. The summed E-state index contributed by atoms with van der Waals surface area (Å²) in [7, 11) is 1.80. The van der Waals surface area contributed by atoms with Crippen molar-refractivity contribution in [3.63, 3.8) is 0 Å². The molecule has 0 saturated carbocycles. The van der Waals surface area contributed by atoms with E-state index in [-0.39, 0.29) is 24.4 Å². The van der Waals surface area contributed by atoms with Gasteiger partial charge in [-0.3, -0.25) is 4.79 Å². The quantitative estimate of drug-likeness (QED) is 0.822. The summed E-state index contributed by atoms with van der Waals surface area (Å²) in [6, 6.07) is 14.8. The lowest BCUT2D eigenvalue weighted by Gasteiger charge is -2.33. The third-order valence-electron chi connectivity index (χ3n) is 4.31. The molecule has 7 heteroatoms. The molecule has 1 unspecified atom stereocenters. The minimum absolute atomic E-state index is 0. The van der Waals surface area contributed by atoms with Crippen LogP contribution in [0, 0.1) is 0 Å². The van der Waals surface area contributed by atoms with Gasteiger partial charge in [-0.25, -0.2) is 0 Å². The van der Waals surface area contributed by atoms with Crippen LogP contribution in [0.4, 0.5) is 0 Å². The first kappa shape index (κ1) is 21.0. The van der Waals surface area contributed by atoms with Crippen LogP contribution in [0.3, 0.4) is 0 Å². The van der Waals surface area contributed by atoms with Gasteiger partial charge in [-0.1, -0.05) is 47.5 Å². The van der Waals surface area contributed by atoms with Gasteiger partial charge in [-0.05, 0) is 35.4 Å². The highest BCUT2D eigenvalue weighted by Gasteiger charge is 2.30. The Morgan fingerprint density at radius 3 is 2.00 bits per heavy atom. The first-order valence-electron chi connectivity index (χ1n) is 8.16. The number of ether oxygens (including phenoxy) is 1. The van der Waals surface area contributed by atoms with Gasteiger partial charge < -0.3 is 15.0 Å². The number of amides is 1. The number of nitrogens with one attached hydrogen (secondary N) is 1. The van der Waals surface area contributed by atoms with E-state index in [9.17, 15) is 4.79 Å². The van der Waals surface area contributed by atoms with Gasteiger partial charge in [0.1, 0.15) is 6.10 Å². The molecule has 0 bridgehead atoms. The molecule has 1 N–H and O–H groups in total. The number of carbonyl (C=O) groups is 1. The molecule has 1 fully saturated rings. The van der Waals surface area contributed by atoms with E-state index >= 15 is 0 Å². The van der Waals surface area contributed by atoms with Crippen molar-refractivity contribution in [3.8, 4) is 0 Å². The Balaban J connectivity index is 0.00000243. The average Bonchev–Trinajstić information content (AvgIpc) is 2.65. The summed E-state index contributed by atoms with van der Waals surface area (Å²) < 4.78 is 5.63. The highest BCUT2D eigenvalue weighted by molar-refractivity contribution is 6.30. The number of morpholine rings is 1. The average molecular weight is 416 g/mol. The van der Waals surface area contributed by atoms with Crippen molar-refractivity contribution in [2.24, 2.45) is 0 Å². The second kappa shape index (κ2) is 9.58. The summed E-state index contributed by atoms with van der Waals surface area (Å²) in [4.78, 5) is 14.7. The molecule has 1 saturated heterocycles. The number of hydrogen-bond donors (Lipinski definition) is 1. The second-order valence-electron chi connectivity index (χ2n) is 6.02. The molecular formula is C19H21Cl3N2O2. The van der Waals surface area contributed by atoms with Crippen molar-refractivity contribution in [3.05, 3.63) is 69.7 Å². The number of nitrogens with zero attached hydrogens (tertiary/aromatic N) is 1. The van der Waals surface area contributed by atoms with Crippen LogP contribution in [0.2, 0.25) is 10.0 Å². The van der Waals surface area contributed by atoms with Crippen LogP contribution in [0.15, 0.2) is 48.5 Å². The highest BCUT2D eigenvalue weighted by Crippen LogP contribution is 2.30. The monoisotopic (exact) mass is 414 g/mol. The Hall–Kier alpha value is -1.30. The van der Waals surface area contributed by atoms with E-state index in [4.69, 9.17) is 27.9 Å². The molecule has 140 valence electrons. The van der Waals surface area contributed by atoms with E-state index < -0.39 is 6.10 Å². The van der Waals surface area contributed by atoms with Crippen molar-refractivity contribution in [2.45, 2.75) is 12.1 Å². The van der Waals surface area contributed by atoms with E-state index in [1.807, 2.05) is 48.5 Å². The van der Waals surface area contributed by atoms with Crippen LogP contribution >= 0.6 is 35.6 Å². The van der Waals surface area contributed by atoms with Crippen LogP contribution in [0.25, 0.3) is 0 Å². The van der Waals surface area contributed by atoms with Crippen LogP contribution < -0.4 is 5.32 Å². The first-order chi connectivity index (χ1) is 12.1. The van der Waals surface area contributed by atoms with Crippen molar-refractivity contribution in [1.82, 2.24) is 10.2 Å². The fraction of sp³-hybridized carbons (Fsp3) is 0.316. The lowest BCUT2D eigenvalue weighted by Crippen LogP contribution is -2.49. The molecule has 26 heavy (non-hydrogen) atoms. The lowest BCUT2D eigenvalue weighted by atomic mass is 9.97. The van der Waals surface area contributed by atoms with Crippen molar-refractivity contribution >= 4 is 41.5 Å². The smallest absolute Gasteiger partial charge is 0.253 e. The molecule has 0 aliphatic carbocycles. The maximum atomic E-state index is 12.9. The second-order valence-corrected chi connectivity index (χ2v) is 6.89. The molecule has 1 amide bonds.